The Kier molecular flexibility index (Phi) is 7.35. The highest BCUT2D eigenvalue weighted by atomic mass is 16.5. The average molecular weight is 507 g/mol. The summed E-state index contributed by atoms with van der Waals surface area (Å²) in [4.78, 5) is 35.7. The van der Waals surface area contributed by atoms with Crippen LogP contribution in [0.1, 0.15) is 23.3 Å². The van der Waals surface area contributed by atoms with Gasteiger partial charge in [-0.2, -0.15) is 0 Å². The maximum absolute atomic E-state index is 13.1. The van der Waals surface area contributed by atoms with Crippen molar-refractivity contribution >= 4 is 45.3 Å². The third-order valence-corrected chi connectivity index (χ3v) is 6.16. The fourth-order valence-electron chi connectivity index (χ4n) is 4.36. The number of carbonyl (C=O) groups is 2. The zero-order chi connectivity index (χ0) is 26.5. The Morgan fingerprint density at radius 2 is 0.974 bits per heavy atom. The summed E-state index contributed by atoms with van der Waals surface area (Å²) < 4.78 is 10.9. The lowest BCUT2D eigenvalue weighted by atomic mass is 10.1. The lowest BCUT2D eigenvalue weighted by Crippen LogP contribution is -2.23. The van der Waals surface area contributed by atoms with Gasteiger partial charge in [0, 0.05) is 14.2 Å². The molecular formula is C30H26N4O4. The Labute approximate surface area is 219 Å². The van der Waals surface area contributed by atoms with Crippen LogP contribution in [-0.4, -0.2) is 36.0 Å². The van der Waals surface area contributed by atoms with Crippen molar-refractivity contribution in [2.75, 3.05) is 24.9 Å². The standard InChI is InChI=1S/C30H26N4O4/c1-37-27(19-11-5-3-6-12-19)29(35)33-23-17-9-15-21-25(23)31-22-16-10-18-24(26(22)32-21)34-30(36)28(38-2)20-13-7-4-8-14-20/h3-18,27-28H,1-2H3,(H,33,35)(H,34,36)/t27-,28-/m1/s1. The number of aromatic nitrogens is 2. The summed E-state index contributed by atoms with van der Waals surface area (Å²) in [6, 6.07) is 29.3. The van der Waals surface area contributed by atoms with Crippen LogP contribution in [0.3, 0.4) is 0 Å². The fraction of sp³-hybridized carbons (Fsp3) is 0.133. The summed E-state index contributed by atoms with van der Waals surface area (Å²) in [6.07, 6.45) is -1.56. The van der Waals surface area contributed by atoms with E-state index in [2.05, 4.69) is 10.6 Å². The SMILES string of the molecule is CO[C@@H](C(=O)Nc1cccc2nc3c(NC(=O)[C@H](OC)c4ccccc4)cccc3nc12)c1ccccc1. The number of carbonyl (C=O) groups excluding carboxylic acids is 2. The monoisotopic (exact) mass is 506 g/mol. The molecule has 5 rings (SSSR count). The summed E-state index contributed by atoms with van der Waals surface area (Å²) in [5.74, 6) is -0.638. The van der Waals surface area contributed by atoms with Crippen LogP contribution in [0.25, 0.3) is 22.1 Å². The molecule has 0 spiro atoms. The highest BCUT2D eigenvalue weighted by Gasteiger charge is 2.23. The molecule has 5 aromatic rings. The van der Waals surface area contributed by atoms with Crippen molar-refractivity contribution in [3.05, 3.63) is 108 Å². The lowest BCUT2D eigenvalue weighted by molar-refractivity contribution is -0.126. The van der Waals surface area contributed by atoms with E-state index in [4.69, 9.17) is 19.4 Å². The van der Waals surface area contributed by atoms with E-state index in [0.29, 0.717) is 33.4 Å². The molecule has 0 fully saturated rings. The van der Waals surface area contributed by atoms with Crippen LogP contribution in [0.5, 0.6) is 0 Å². The van der Waals surface area contributed by atoms with Gasteiger partial charge in [0.25, 0.3) is 11.8 Å². The van der Waals surface area contributed by atoms with Gasteiger partial charge in [-0.25, -0.2) is 9.97 Å². The highest BCUT2D eigenvalue weighted by molar-refractivity contribution is 6.06. The number of rotatable bonds is 8. The van der Waals surface area contributed by atoms with Gasteiger partial charge < -0.3 is 20.1 Å². The Morgan fingerprint density at radius 3 is 1.34 bits per heavy atom. The van der Waals surface area contributed by atoms with Gasteiger partial charge in [-0.1, -0.05) is 72.8 Å². The van der Waals surface area contributed by atoms with E-state index in [1.807, 2.05) is 72.8 Å². The number of anilines is 2. The number of methoxy groups -OCH3 is 2. The number of hydrogen-bond acceptors (Lipinski definition) is 6. The van der Waals surface area contributed by atoms with Gasteiger partial charge in [0.05, 0.1) is 22.4 Å². The quantitative estimate of drug-likeness (QED) is 0.272. The molecule has 0 radical (unpaired) electrons. The van der Waals surface area contributed by atoms with E-state index in [1.165, 1.54) is 14.2 Å². The molecule has 8 nitrogen and oxygen atoms in total. The number of ether oxygens (including phenoxy) is 2. The summed E-state index contributed by atoms with van der Waals surface area (Å²) in [5.41, 5.74) is 4.70. The summed E-state index contributed by atoms with van der Waals surface area (Å²) in [6.45, 7) is 0. The highest BCUT2D eigenvalue weighted by Crippen LogP contribution is 2.29. The first kappa shape index (κ1) is 25.0. The van der Waals surface area contributed by atoms with Crippen LogP contribution in [0.4, 0.5) is 11.4 Å². The van der Waals surface area contributed by atoms with Gasteiger partial charge >= 0.3 is 0 Å². The molecule has 0 saturated carbocycles. The Bertz CT molecular complexity index is 1470. The zero-order valence-electron chi connectivity index (χ0n) is 20.9. The van der Waals surface area contributed by atoms with Gasteiger partial charge in [0.2, 0.25) is 0 Å². The van der Waals surface area contributed by atoms with E-state index in [0.717, 1.165) is 11.1 Å². The van der Waals surface area contributed by atoms with Crippen molar-refractivity contribution in [1.29, 1.82) is 0 Å². The van der Waals surface area contributed by atoms with E-state index < -0.39 is 12.2 Å². The van der Waals surface area contributed by atoms with Gasteiger partial charge in [0.1, 0.15) is 11.0 Å². The summed E-state index contributed by atoms with van der Waals surface area (Å²) in [7, 11) is 2.99. The van der Waals surface area contributed by atoms with Crippen LogP contribution in [0.2, 0.25) is 0 Å². The first-order valence-electron chi connectivity index (χ1n) is 12.1. The Hall–Kier alpha value is -4.66. The molecule has 0 aliphatic rings. The first-order valence-corrected chi connectivity index (χ1v) is 12.1. The van der Waals surface area contributed by atoms with Gasteiger partial charge in [0.15, 0.2) is 12.2 Å². The van der Waals surface area contributed by atoms with Gasteiger partial charge in [-0.3, -0.25) is 9.59 Å². The van der Waals surface area contributed by atoms with Crippen molar-refractivity contribution in [2.24, 2.45) is 0 Å². The van der Waals surface area contributed by atoms with Crippen molar-refractivity contribution in [1.82, 2.24) is 9.97 Å². The average Bonchev–Trinajstić information content (AvgIpc) is 2.94. The Morgan fingerprint density at radius 1 is 0.579 bits per heavy atom. The van der Waals surface area contributed by atoms with Crippen LogP contribution in [0.15, 0.2) is 97.1 Å². The molecule has 0 unspecified atom stereocenters. The minimum absolute atomic E-state index is 0.319. The second kappa shape index (κ2) is 11.2. The largest absolute Gasteiger partial charge is 0.367 e. The molecule has 0 aliphatic carbocycles. The lowest BCUT2D eigenvalue weighted by Gasteiger charge is -2.17. The van der Waals surface area contributed by atoms with Crippen molar-refractivity contribution in [3.63, 3.8) is 0 Å². The molecule has 0 saturated heterocycles. The third kappa shape index (κ3) is 5.08. The summed E-state index contributed by atoms with van der Waals surface area (Å²) >= 11 is 0. The second-order valence-corrected chi connectivity index (χ2v) is 8.60. The number of benzene rings is 4. The minimum Gasteiger partial charge on any atom is -0.367 e. The van der Waals surface area contributed by atoms with Crippen LogP contribution >= 0.6 is 0 Å². The molecule has 2 atom stereocenters. The van der Waals surface area contributed by atoms with Crippen LogP contribution in [-0.2, 0) is 19.1 Å². The first-order chi connectivity index (χ1) is 18.6. The molecule has 2 N–H and O–H groups in total. The normalized spacial score (nSPS) is 12.7. The molecule has 0 aliphatic heterocycles. The van der Waals surface area contributed by atoms with Crippen molar-refractivity contribution < 1.29 is 19.1 Å². The second-order valence-electron chi connectivity index (χ2n) is 8.60. The maximum Gasteiger partial charge on any atom is 0.258 e. The van der Waals surface area contributed by atoms with E-state index in [1.54, 1.807) is 24.3 Å². The van der Waals surface area contributed by atoms with E-state index in [-0.39, 0.29) is 11.8 Å². The number of nitrogens with one attached hydrogen (secondary N) is 2. The molecular weight excluding hydrogens is 480 g/mol. The summed E-state index contributed by atoms with van der Waals surface area (Å²) in [5, 5.41) is 5.87. The molecule has 38 heavy (non-hydrogen) atoms. The molecule has 0 bridgehead atoms. The molecule has 1 heterocycles. The van der Waals surface area contributed by atoms with Crippen molar-refractivity contribution in [2.45, 2.75) is 12.2 Å². The number of fused-ring (bicyclic) bond motifs is 2. The van der Waals surface area contributed by atoms with Crippen LogP contribution in [0, 0.1) is 0 Å². The van der Waals surface area contributed by atoms with Crippen molar-refractivity contribution in [3.8, 4) is 0 Å². The Balaban J connectivity index is 1.46. The molecule has 4 aromatic carbocycles. The van der Waals surface area contributed by atoms with E-state index in [9.17, 15) is 9.59 Å². The smallest absolute Gasteiger partial charge is 0.258 e. The maximum atomic E-state index is 13.1. The van der Waals surface area contributed by atoms with Gasteiger partial charge in [-0.05, 0) is 35.4 Å². The van der Waals surface area contributed by atoms with E-state index >= 15 is 0 Å². The number of nitrogens with zero attached hydrogens (tertiary/aromatic N) is 2. The predicted molar refractivity (Wildman–Crippen MR) is 147 cm³/mol. The number of hydrogen-bond donors (Lipinski definition) is 2. The third-order valence-electron chi connectivity index (χ3n) is 6.16. The molecule has 190 valence electrons. The molecule has 8 heteroatoms. The predicted octanol–water partition coefficient (Wildman–Crippen LogP) is 5.44. The topological polar surface area (TPSA) is 102 Å². The minimum atomic E-state index is -0.778. The van der Waals surface area contributed by atoms with Crippen LogP contribution < -0.4 is 10.6 Å². The number of para-hydroxylation sites is 2. The molecule has 1 aromatic heterocycles. The number of amides is 2. The zero-order valence-corrected chi connectivity index (χ0v) is 20.9. The van der Waals surface area contributed by atoms with Gasteiger partial charge in [-0.15, -0.1) is 0 Å². The molecule has 2 amide bonds. The fourth-order valence-corrected chi connectivity index (χ4v) is 4.36.